The fourth-order valence-electron chi connectivity index (χ4n) is 1.97. The number of pyridine rings is 1. The topological polar surface area (TPSA) is 71.8 Å². The van der Waals surface area contributed by atoms with Crippen molar-refractivity contribution < 1.29 is 9.18 Å². The Morgan fingerprint density at radius 2 is 2.29 bits per heavy atom. The van der Waals surface area contributed by atoms with Crippen LogP contribution in [0.4, 0.5) is 10.2 Å². The number of anilines is 1. The van der Waals surface area contributed by atoms with Crippen LogP contribution in [-0.2, 0) is 6.54 Å². The molecule has 0 radical (unpaired) electrons. The van der Waals surface area contributed by atoms with Crippen LogP contribution in [0.15, 0.2) is 31.0 Å². The molecular formula is C14H18FN5O. The molecule has 0 saturated heterocycles. The van der Waals surface area contributed by atoms with Crippen LogP contribution in [0.1, 0.15) is 24.2 Å². The lowest BCUT2D eigenvalue weighted by molar-refractivity contribution is 0.0932. The van der Waals surface area contributed by atoms with Gasteiger partial charge in [0.15, 0.2) is 11.6 Å². The summed E-state index contributed by atoms with van der Waals surface area (Å²) in [4.78, 5) is 19.9. The van der Waals surface area contributed by atoms with Gasteiger partial charge >= 0.3 is 0 Å². The molecule has 0 spiro atoms. The molecule has 21 heavy (non-hydrogen) atoms. The second-order valence-electron chi connectivity index (χ2n) is 4.69. The molecule has 7 heteroatoms. The molecule has 0 aromatic carbocycles. The van der Waals surface area contributed by atoms with E-state index in [-0.39, 0.29) is 17.4 Å². The van der Waals surface area contributed by atoms with Gasteiger partial charge in [0.25, 0.3) is 5.91 Å². The number of carbonyl (C=O) groups excluding carboxylic acids is 1. The van der Waals surface area contributed by atoms with Gasteiger partial charge in [-0.15, -0.1) is 0 Å². The number of nitrogens with one attached hydrogen (secondary N) is 2. The number of amides is 1. The first kappa shape index (κ1) is 15.0. The van der Waals surface area contributed by atoms with Crippen LogP contribution in [0.25, 0.3) is 0 Å². The van der Waals surface area contributed by atoms with Gasteiger partial charge in [-0.25, -0.2) is 14.4 Å². The second-order valence-corrected chi connectivity index (χ2v) is 4.69. The van der Waals surface area contributed by atoms with Crippen LogP contribution in [0, 0.1) is 5.82 Å². The van der Waals surface area contributed by atoms with Crippen molar-refractivity contribution in [2.75, 3.05) is 11.9 Å². The molecule has 2 rings (SSSR count). The Balaban J connectivity index is 2.04. The number of hydrogen-bond acceptors (Lipinski definition) is 4. The van der Waals surface area contributed by atoms with Crippen molar-refractivity contribution >= 4 is 11.7 Å². The smallest absolute Gasteiger partial charge is 0.254 e. The molecule has 0 aliphatic rings. The van der Waals surface area contributed by atoms with Crippen LogP contribution >= 0.6 is 0 Å². The second kappa shape index (κ2) is 6.83. The highest BCUT2D eigenvalue weighted by atomic mass is 19.1. The summed E-state index contributed by atoms with van der Waals surface area (Å²) in [7, 11) is 0. The Hall–Kier alpha value is -2.44. The summed E-state index contributed by atoms with van der Waals surface area (Å²) in [6, 6.07) is 1.22. The van der Waals surface area contributed by atoms with E-state index in [0.29, 0.717) is 13.1 Å². The third-order valence-electron chi connectivity index (χ3n) is 2.90. The molecule has 112 valence electrons. The summed E-state index contributed by atoms with van der Waals surface area (Å²) >= 11 is 0. The zero-order chi connectivity index (χ0) is 15.2. The van der Waals surface area contributed by atoms with E-state index in [1.54, 1.807) is 18.7 Å². The molecule has 0 fully saturated rings. The minimum Gasteiger partial charge on any atom is -0.368 e. The maximum atomic E-state index is 14.1. The lowest BCUT2D eigenvalue weighted by atomic mass is 10.2. The van der Waals surface area contributed by atoms with Gasteiger partial charge in [0.1, 0.15) is 0 Å². The first-order chi connectivity index (χ1) is 10.1. The molecule has 6 nitrogen and oxygen atoms in total. The Morgan fingerprint density at radius 3 is 2.95 bits per heavy atom. The molecule has 2 heterocycles. The first-order valence-electron chi connectivity index (χ1n) is 6.76. The SMILES string of the molecule is CCNc1nccc(C(=O)NC(C)Cn2ccnc2)c1F. The maximum absolute atomic E-state index is 14.1. The van der Waals surface area contributed by atoms with E-state index in [1.165, 1.54) is 12.3 Å². The molecule has 0 aliphatic heterocycles. The van der Waals surface area contributed by atoms with Gasteiger partial charge in [-0.1, -0.05) is 0 Å². The van der Waals surface area contributed by atoms with Crippen molar-refractivity contribution in [3.05, 3.63) is 42.4 Å². The molecule has 2 aromatic heterocycles. The molecular weight excluding hydrogens is 273 g/mol. The van der Waals surface area contributed by atoms with Crippen LogP contribution in [0.2, 0.25) is 0 Å². The normalized spacial score (nSPS) is 12.0. The van der Waals surface area contributed by atoms with Crippen LogP contribution in [0.5, 0.6) is 0 Å². The highest BCUT2D eigenvalue weighted by molar-refractivity contribution is 5.95. The minimum absolute atomic E-state index is 0.0153. The monoisotopic (exact) mass is 291 g/mol. The number of carbonyl (C=O) groups is 1. The predicted molar refractivity (Wildman–Crippen MR) is 77.5 cm³/mol. The molecule has 2 aromatic rings. The highest BCUT2D eigenvalue weighted by Gasteiger charge is 2.17. The average Bonchev–Trinajstić information content (AvgIpc) is 2.94. The van der Waals surface area contributed by atoms with E-state index in [2.05, 4.69) is 20.6 Å². The van der Waals surface area contributed by atoms with Gasteiger partial charge in [-0.3, -0.25) is 4.79 Å². The number of imidazole rings is 1. The Bertz CT molecular complexity index is 599. The van der Waals surface area contributed by atoms with Gasteiger partial charge in [-0.2, -0.15) is 0 Å². The van der Waals surface area contributed by atoms with E-state index in [4.69, 9.17) is 0 Å². The quantitative estimate of drug-likeness (QED) is 0.849. The van der Waals surface area contributed by atoms with Gasteiger partial charge in [0.2, 0.25) is 0 Å². The maximum Gasteiger partial charge on any atom is 0.254 e. The van der Waals surface area contributed by atoms with Gasteiger partial charge in [-0.05, 0) is 19.9 Å². The minimum atomic E-state index is -0.633. The van der Waals surface area contributed by atoms with E-state index >= 15 is 0 Å². The molecule has 1 amide bonds. The Kier molecular flexibility index (Phi) is 4.86. The van der Waals surface area contributed by atoms with E-state index in [9.17, 15) is 9.18 Å². The van der Waals surface area contributed by atoms with Crippen molar-refractivity contribution in [1.82, 2.24) is 19.9 Å². The van der Waals surface area contributed by atoms with Crippen molar-refractivity contribution in [3.63, 3.8) is 0 Å². The lowest BCUT2D eigenvalue weighted by Gasteiger charge is -2.15. The standard InChI is InChI=1S/C14H18FN5O/c1-3-17-13-12(15)11(4-5-18-13)14(21)19-10(2)8-20-7-6-16-9-20/h4-7,9-10H,3,8H2,1-2H3,(H,17,18)(H,19,21). The third kappa shape index (κ3) is 3.77. The molecule has 1 atom stereocenters. The third-order valence-corrected chi connectivity index (χ3v) is 2.90. The fraction of sp³-hybridized carbons (Fsp3) is 0.357. The predicted octanol–water partition coefficient (Wildman–Crippen LogP) is 1.67. The summed E-state index contributed by atoms with van der Waals surface area (Å²) in [6.45, 7) is 4.79. The molecule has 0 saturated carbocycles. The van der Waals surface area contributed by atoms with Crippen LogP contribution < -0.4 is 10.6 Å². The van der Waals surface area contributed by atoms with E-state index in [1.807, 2.05) is 18.4 Å². The summed E-state index contributed by atoms with van der Waals surface area (Å²) in [5.74, 6) is -0.999. The zero-order valence-corrected chi connectivity index (χ0v) is 12.0. The molecule has 2 N–H and O–H groups in total. The first-order valence-corrected chi connectivity index (χ1v) is 6.76. The summed E-state index contributed by atoms with van der Waals surface area (Å²) < 4.78 is 16.0. The molecule has 0 bridgehead atoms. The van der Waals surface area contributed by atoms with Crippen molar-refractivity contribution in [2.45, 2.75) is 26.4 Å². The van der Waals surface area contributed by atoms with Crippen molar-refractivity contribution in [3.8, 4) is 0 Å². The number of hydrogen-bond donors (Lipinski definition) is 2. The Morgan fingerprint density at radius 1 is 1.48 bits per heavy atom. The summed E-state index contributed by atoms with van der Waals surface area (Å²) in [5.41, 5.74) is -0.0153. The van der Waals surface area contributed by atoms with Gasteiger partial charge < -0.3 is 15.2 Å². The van der Waals surface area contributed by atoms with Gasteiger partial charge in [0.05, 0.1) is 11.9 Å². The number of aromatic nitrogens is 3. The number of nitrogens with zero attached hydrogens (tertiary/aromatic N) is 3. The molecule has 0 aliphatic carbocycles. The summed E-state index contributed by atoms with van der Waals surface area (Å²) in [5, 5.41) is 5.54. The number of halogens is 1. The Labute approximate surface area is 122 Å². The van der Waals surface area contributed by atoms with Crippen molar-refractivity contribution in [1.29, 1.82) is 0 Å². The number of rotatable bonds is 6. The van der Waals surface area contributed by atoms with E-state index < -0.39 is 11.7 Å². The summed E-state index contributed by atoms with van der Waals surface area (Å²) in [6.07, 6.45) is 6.55. The zero-order valence-electron chi connectivity index (χ0n) is 12.0. The van der Waals surface area contributed by atoms with Crippen LogP contribution in [-0.4, -0.2) is 33.0 Å². The van der Waals surface area contributed by atoms with E-state index in [0.717, 1.165) is 0 Å². The fourth-order valence-corrected chi connectivity index (χ4v) is 1.97. The molecule has 1 unspecified atom stereocenters. The largest absolute Gasteiger partial charge is 0.368 e. The highest BCUT2D eigenvalue weighted by Crippen LogP contribution is 2.14. The average molecular weight is 291 g/mol. The van der Waals surface area contributed by atoms with Gasteiger partial charge in [0, 0.05) is 37.7 Å². The van der Waals surface area contributed by atoms with Crippen LogP contribution in [0.3, 0.4) is 0 Å². The lowest BCUT2D eigenvalue weighted by Crippen LogP contribution is -2.36. The van der Waals surface area contributed by atoms with Crippen molar-refractivity contribution in [2.24, 2.45) is 0 Å².